The molecule has 1 saturated carbocycles. The molecular weight excluding hydrogens is 168 g/mol. The Hall–Kier alpha value is 0.290. The van der Waals surface area contributed by atoms with Crippen molar-refractivity contribution >= 4 is 11.6 Å². The Morgan fingerprint density at radius 1 is 1.17 bits per heavy atom. The van der Waals surface area contributed by atoms with E-state index in [9.17, 15) is 0 Å². The molecule has 1 aliphatic rings. The fraction of sp³-hybridized carbons (Fsp3) is 1.00. The molecule has 1 aliphatic carbocycles. The number of halogens is 1. The van der Waals surface area contributed by atoms with Gasteiger partial charge in [-0.25, -0.2) is 0 Å². The lowest BCUT2D eigenvalue weighted by Gasteiger charge is -2.30. The molecule has 0 aliphatic heterocycles. The van der Waals surface area contributed by atoms with Crippen LogP contribution in [0.2, 0.25) is 0 Å². The number of hydrogen-bond donors (Lipinski definition) is 0. The van der Waals surface area contributed by atoms with Crippen LogP contribution in [0, 0.1) is 11.3 Å². The Kier molecular flexibility index (Phi) is 3.89. The molecule has 0 radical (unpaired) electrons. The minimum atomic E-state index is 0.365. The molecule has 0 aromatic carbocycles. The van der Waals surface area contributed by atoms with Crippen molar-refractivity contribution in [2.75, 3.05) is 5.88 Å². The largest absolute Gasteiger partial charge is 0.126 e. The van der Waals surface area contributed by atoms with Crippen LogP contribution in [0.25, 0.3) is 0 Å². The average Bonchev–Trinajstić information content (AvgIpc) is 2.06. The van der Waals surface area contributed by atoms with Crippen LogP contribution in [0.15, 0.2) is 0 Å². The molecule has 0 aromatic rings. The van der Waals surface area contributed by atoms with Crippen LogP contribution in [0.3, 0.4) is 0 Å². The van der Waals surface area contributed by atoms with Gasteiger partial charge < -0.3 is 0 Å². The minimum absolute atomic E-state index is 0.365. The summed E-state index contributed by atoms with van der Waals surface area (Å²) in [6.45, 7) is 4.57. The van der Waals surface area contributed by atoms with Crippen molar-refractivity contribution in [2.24, 2.45) is 11.3 Å². The first-order chi connectivity index (χ1) is 5.64. The third kappa shape index (κ3) is 3.35. The van der Waals surface area contributed by atoms with E-state index in [1.165, 1.54) is 38.5 Å². The molecule has 1 fully saturated rings. The molecule has 0 saturated heterocycles. The predicted molar refractivity (Wildman–Crippen MR) is 55.7 cm³/mol. The van der Waals surface area contributed by atoms with Gasteiger partial charge in [-0.15, -0.1) is 11.6 Å². The Morgan fingerprint density at radius 3 is 2.25 bits per heavy atom. The van der Waals surface area contributed by atoms with Crippen LogP contribution in [0.1, 0.15) is 52.4 Å². The molecule has 0 bridgehead atoms. The molecule has 0 amide bonds. The summed E-state index contributed by atoms with van der Waals surface area (Å²) < 4.78 is 0. The van der Waals surface area contributed by atoms with E-state index < -0.39 is 0 Å². The molecule has 0 spiro atoms. The van der Waals surface area contributed by atoms with E-state index in [2.05, 4.69) is 13.8 Å². The maximum absolute atomic E-state index is 5.91. The first-order valence-electron chi connectivity index (χ1n) is 5.20. The third-order valence-electron chi connectivity index (χ3n) is 2.93. The Bertz CT molecular complexity index is 123. The first-order valence-corrected chi connectivity index (χ1v) is 5.73. The van der Waals surface area contributed by atoms with Crippen molar-refractivity contribution in [3.05, 3.63) is 0 Å². The topological polar surface area (TPSA) is 0 Å². The van der Waals surface area contributed by atoms with Gasteiger partial charge in [0.2, 0.25) is 0 Å². The van der Waals surface area contributed by atoms with Gasteiger partial charge in [-0.1, -0.05) is 46.0 Å². The monoisotopic (exact) mass is 188 g/mol. The van der Waals surface area contributed by atoms with Gasteiger partial charge in [-0.05, 0) is 17.8 Å². The van der Waals surface area contributed by atoms with Crippen molar-refractivity contribution in [3.8, 4) is 0 Å². The summed E-state index contributed by atoms with van der Waals surface area (Å²) in [6, 6.07) is 0. The second-order valence-electron chi connectivity index (χ2n) is 5.01. The zero-order chi connectivity index (χ0) is 9.03. The zero-order valence-corrected chi connectivity index (χ0v) is 9.16. The molecule has 1 heteroatoms. The zero-order valence-electron chi connectivity index (χ0n) is 8.41. The summed E-state index contributed by atoms with van der Waals surface area (Å²) in [5.74, 6) is 1.77. The summed E-state index contributed by atoms with van der Waals surface area (Å²) in [5.41, 5.74) is 0.365. The number of hydrogen-bond acceptors (Lipinski definition) is 0. The number of rotatable bonds is 3. The quantitative estimate of drug-likeness (QED) is 0.582. The first kappa shape index (κ1) is 10.4. The summed E-state index contributed by atoms with van der Waals surface area (Å²) >= 11 is 5.91. The van der Waals surface area contributed by atoms with Crippen LogP contribution >= 0.6 is 11.6 Å². The summed E-state index contributed by atoms with van der Waals surface area (Å²) in [5, 5.41) is 0. The van der Waals surface area contributed by atoms with Gasteiger partial charge in [0.05, 0.1) is 0 Å². The average molecular weight is 189 g/mol. The highest BCUT2D eigenvalue weighted by Crippen LogP contribution is 2.34. The van der Waals surface area contributed by atoms with Gasteiger partial charge >= 0.3 is 0 Å². The van der Waals surface area contributed by atoms with Gasteiger partial charge in [0.15, 0.2) is 0 Å². The van der Waals surface area contributed by atoms with Crippen molar-refractivity contribution in [1.29, 1.82) is 0 Å². The van der Waals surface area contributed by atoms with Crippen molar-refractivity contribution in [3.63, 3.8) is 0 Å². The second-order valence-corrected chi connectivity index (χ2v) is 5.27. The van der Waals surface area contributed by atoms with Crippen molar-refractivity contribution < 1.29 is 0 Å². The van der Waals surface area contributed by atoms with Gasteiger partial charge in [0, 0.05) is 5.88 Å². The smallest absolute Gasteiger partial charge is 0.0274 e. The third-order valence-corrected chi connectivity index (χ3v) is 3.65. The molecule has 1 rings (SSSR count). The molecule has 0 atom stereocenters. The van der Waals surface area contributed by atoms with Crippen molar-refractivity contribution in [1.82, 2.24) is 0 Å². The van der Waals surface area contributed by atoms with Crippen LogP contribution < -0.4 is 0 Å². The molecule has 0 aromatic heterocycles. The van der Waals surface area contributed by atoms with Crippen LogP contribution in [0.4, 0.5) is 0 Å². The maximum atomic E-state index is 5.91. The Morgan fingerprint density at radius 2 is 1.75 bits per heavy atom. The van der Waals surface area contributed by atoms with Crippen LogP contribution in [0.5, 0.6) is 0 Å². The van der Waals surface area contributed by atoms with Crippen molar-refractivity contribution in [2.45, 2.75) is 52.4 Å². The molecule has 0 nitrogen and oxygen atoms in total. The summed E-state index contributed by atoms with van der Waals surface area (Å²) in [6.07, 6.45) is 8.57. The Balaban J connectivity index is 2.28. The highest BCUT2D eigenvalue weighted by atomic mass is 35.5. The molecule has 12 heavy (non-hydrogen) atoms. The Labute approximate surface area is 81.7 Å². The van der Waals surface area contributed by atoms with Gasteiger partial charge in [0.25, 0.3) is 0 Å². The van der Waals surface area contributed by atoms with Gasteiger partial charge in [-0.3, -0.25) is 0 Å². The summed E-state index contributed by atoms with van der Waals surface area (Å²) in [4.78, 5) is 0. The van der Waals surface area contributed by atoms with Gasteiger partial charge in [0.1, 0.15) is 0 Å². The second kappa shape index (κ2) is 4.50. The predicted octanol–water partition coefficient (Wildman–Crippen LogP) is 4.22. The lowest BCUT2D eigenvalue weighted by molar-refractivity contribution is 0.243. The normalized spacial score (nSPS) is 21.2. The molecular formula is C11H21Cl. The number of alkyl halides is 1. The van der Waals surface area contributed by atoms with E-state index >= 15 is 0 Å². The molecule has 72 valence electrons. The standard InChI is InChI=1S/C11H21Cl/c1-11(2,9-12)8-10-6-4-3-5-7-10/h10H,3-9H2,1-2H3. The van der Waals surface area contributed by atoms with E-state index in [-0.39, 0.29) is 0 Å². The highest BCUT2D eigenvalue weighted by Gasteiger charge is 2.23. The molecule has 0 unspecified atom stereocenters. The lowest BCUT2D eigenvalue weighted by Crippen LogP contribution is -2.20. The maximum Gasteiger partial charge on any atom is 0.0274 e. The molecule has 0 heterocycles. The SMILES string of the molecule is CC(C)(CCl)CC1CCCCC1. The fourth-order valence-corrected chi connectivity index (χ4v) is 2.34. The van der Waals surface area contributed by atoms with E-state index in [1.54, 1.807) is 0 Å². The van der Waals surface area contributed by atoms with E-state index in [1.807, 2.05) is 0 Å². The van der Waals surface area contributed by atoms with E-state index in [4.69, 9.17) is 11.6 Å². The highest BCUT2D eigenvalue weighted by molar-refractivity contribution is 6.18. The van der Waals surface area contributed by atoms with Crippen LogP contribution in [-0.2, 0) is 0 Å². The minimum Gasteiger partial charge on any atom is -0.126 e. The van der Waals surface area contributed by atoms with E-state index in [0.717, 1.165) is 11.8 Å². The van der Waals surface area contributed by atoms with Gasteiger partial charge in [-0.2, -0.15) is 0 Å². The van der Waals surface area contributed by atoms with E-state index in [0.29, 0.717) is 5.41 Å². The lowest BCUT2D eigenvalue weighted by atomic mass is 9.77. The molecule has 0 N–H and O–H groups in total. The summed E-state index contributed by atoms with van der Waals surface area (Å²) in [7, 11) is 0. The fourth-order valence-electron chi connectivity index (χ4n) is 2.23. The van der Waals surface area contributed by atoms with Crippen LogP contribution in [-0.4, -0.2) is 5.88 Å².